The van der Waals surface area contributed by atoms with Crippen LogP contribution in [0.25, 0.3) is 0 Å². The molecule has 1 heterocycles. The number of aliphatic hydroxyl groups excluding tert-OH is 1. The number of aliphatic hydroxyl groups is 1. The molecule has 0 aromatic rings. The van der Waals surface area contributed by atoms with Crippen LogP contribution < -0.4 is 5.32 Å². The SMILES string of the molecule is CNC(=O)[C@@H]1C(O)C(OC(=O)C(F)(F)F)CN1C. The van der Waals surface area contributed by atoms with Gasteiger partial charge >= 0.3 is 12.1 Å². The molecule has 0 aromatic carbocycles. The van der Waals surface area contributed by atoms with Gasteiger partial charge in [0, 0.05) is 13.6 Å². The number of hydrogen-bond donors (Lipinski definition) is 2. The van der Waals surface area contributed by atoms with Crippen molar-refractivity contribution < 1.29 is 32.6 Å². The van der Waals surface area contributed by atoms with Gasteiger partial charge in [-0.05, 0) is 7.05 Å². The summed E-state index contributed by atoms with van der Waals surface area (Å²) in [5.41, 5.74) is 0. The average molecular weight is 270 g/mol. The molecule has 9 heteroatoms. The molecule has 2 unspecified atom stereocenters. The number of nitrogens with one attached hydrogen (secondary N) is 1. The number of nitrogens with zero attached hydrogens (tertiary/aromatic N) is 1. The van der Waals surface area contributed by atoms with Crippen LogP contribution in [-0.4, -0.2) is 66.9 Å². The lowest BCUT2D eigenvalue weighted by Gasteiger charge is -2.20. The molecule has 1 saturated heterocycles. The fourth-order valence-electron chi connectivity index (χ4n) is 1.78. The first-order chi connectivity index (χ1) is 8.18. The highest BCUT2D eigenvalue weighted by Gasteiger charge is 2.49. The topological polar surface area (TPSA) is 78.9 Å². The highest BCUT2D eigenvalue weighted by molar-refractivity contribution is 5.83. The number of likely N-dealkylation sites (tertiary alicyclic amines) is 1. The first-order valence-corrected chi connectivity index (χ1v) is 5.06. The molecule has 0 bridgehead atoms. The van der Waals surface area contributed by atoms with Gasteiger partial charge in [0.1, 0.15) is 18.2 Å². The molecule has 2 N–H and O–H groups in total. The van der Waals surface area contributed by atoms with Gasteiger partial charge in [0.05, 0.1) is 0 Å². The minimum absolute atomic E-state index is 0.152. The van der Waals surface area contributed by atoms with Crippen molar-refractivity contribution in [3.63, 3.8) is 0 Å². The van der Waals surface area contributed by atoms with Gasteiger partial charge in [-0.15, -0.1) is 0 Å². The summed E-state index contributed by atoms with van der Waals surface area (Å²) in [7, 11) is 2.77. The summed E-state index contributed by atoms with van der Waals surface area (Å²) < 4.78 is 40.1. The summed E-state index contributed by atoms with van der Waals surface area (Å²) in [6, 6.07) is -1.04. The van der Waals surface area contributed by atoms with Gasteiger partial charge in [-0.1, -0.05) is 0 Å². The van der Waals surface area contributed by atoms with Crippen molar-refractivity contribution in [3.8, 4) is 0 Å². The molecule has 1 rings (SSSR count). The number of carbonyl (C=O) groups excluding carboxylic acids is 2. The first kappa shape index (κ1) is 14.7. The largest absolute Gasteiger partial charge is 0.490 e. The normalized spacial score (nSPS) is 29.1. The van der Waals surface area contributed by atoms with Crippen LogP contribution >= 0.6 is 0 Å². The molecule has 1 aliphatic rings. The summed E-state index contributed by atoms with van der Waals surface area (Å²) in [5.74, 6) is -2.94. The van der Waals surface area contributed by atoms with Gasteiger partial charge in [0.15, 0.2) is 0 Å². The monoisotopic (exact) mass is 270 g/mol. The highest BCUT2D eigenvalue weighted by Crippen LogP contribution is 2.24. The van der Waals surface area contributed by atoms with Crippen LogP contribution in [0, 0.1) is 0 Å². The van der Waals surface area contributed by atoms with E-state index in [0.29, 0.717) is 0 Å². The van der Waals surface area contributed by atoms with E-state index in [0.717, 1.165) is 0 Å². The molecule has 1 amide bonds. The molecule has 0 spiro atoms. The summed E-state index contributed by atoms with van der Waals surface area (Å²) in [6.07, 6.45) is -8.00. The molecule has 0 radical (unpaired) electrons. The zero-order valence-electron chi connectivity index (χ0n) is 9.69. The van der Waals surface area contributed by atoms with E-state index >= 15 is 0 Å². The van der Waals surface area contributed by atoms with Crippen LogP contribution in [0.15, 0.2) is 0 Å². The van der Waals surface area contributed by atoms with Crippen LogP contribution in [0.2, 0.25) is 0 Å². The number of hydrogen-bond acceptors (Lipinski definition) is 5. The van der Waals surface area contributed by atoms with Crippen molar-refractivity contribution in [1.82, 2.24) is 10.2 Å². The zero-order chi connectivity index (χ0) is 14.1. The van der Waals surface area contributed by atoms with Gasteiger partial charge in [-0.3, -0.25) is 9.69 Å². The lowest BCUT2D eigenvalue weighted by Crippen LogP contribution is -2.47. The number of ether oxygens (including phenoxy) is 1. The van der Waals surface area contributed by atoms with Crippen LogP contribution in [-0.2, 0) is 14.3 Å². The zero-order valence-corrected chi connectivity index (χ0v) is 9.69. The van der Waals surface area contributed by atoms with Crippen molar-refractivity contribution >= 4 is 11.9 Å². The lowest BCUT2D eigenvalue weighted by atomic mass is 10.1. The quantitative estimate of drug-likeness (QED) is 0.622. The van der Waals surface area contributed by atoms with E-state index in [1.807, 2.05) is 0 Å². The molecule has 0 aromatic heterocycles. The molecule has 0 aliphatic carbocycles. The Bertz CT molecular complexity index is 347. The highest BCUT2D eigenvalue weighted by atomic mass is 19.4. The smallest absolute Gasteiger partial charge is 0.452 e. The summed E-state index contributed by atoms with van der Waals surface area (Å²) in [5, 5.41) is 12.0. The Labute approximate surface area is 101 Å². The number of alkyl halides is 3. The van der Waals surface area contributed by atoms with Gasteiger partial charge in [0.2, 0.25) is 5.91 Å². The Morgan fingerprint density at radius 3 is 2.44 bits per heavy atom. The summed E-state index contributed by atoms with van der Waals surface area (Å²) in [6.45, 7) is -0.152. The van der Waals surface area contributed by atoms with E-state index in [-0.39, 0.29) is 6.54 Å². The summed E-state index contributed by atoms with van der Waals surface area (Å²) >= 11 is 0. The first-order valence-electron chi connectivity index (χ1n) is 5.06. The van der Waals surface area contributed by atoms with Crippen LogP contribution in [0.3, 0.4) is 0 Å². The minimum Gasteiger partial charge on any atom is -0.452 e. The van der Waals surface area contributed by atoms with E-state index in [1.165, 1.54) is 19.0 Å². The third-order valence-electron chi connectivity index (χ3n) is 2.65. The Morgan fingerprint density at radius 1 is 1.44 bits per heavy atom. The van der Waals surface area contributed by atoms with E-state index < -0.39 is 36.3 Å². The molecule has 18 heavy (non-hydrogen) atoms. The predicted octanol–water partition coefficient (Wildman–Crippen LogP) is -1.12. The molecule has 104 valence electrons. The van der Waals surface area contributed by atoms with Crippen LogP contribution in [0.1, 0.15) is 0 Å². The number of esters is 1. The molecule has 1 aliphatic heterocycles. The van der Waals surface area contributed by atoms with E-state index in [9.17, 15) is 27.9 Å². The minimum atomic E-state index is -5.12. The van der Waals surface area contributed by atoms with Gasteiger partial charge in [0.25, 0.3) is 0 Å². The molecular formula is C9H13F3N2O4. The maximum absolute atomic E-state index is 12.0. The third kappa shape index (κ3) is 2.91. The van der Waals surface area contributed by atoms with E-state index in [1.54, 1.807) is 0 Å². The number of carbonyl (C=O) groups is 2. The Hall–Kier alpha value is -1.35. The second kappa shape index (κ2) is 5.11. The molecule has 3 atom stereocenters. The van der Waals surface area contributed by atoms with Crippen molar-refractivity contribution in [1.29, 1.82) is 0 Å². The van der Waals surface area contributed by atoms with Crippen molar-refractivity contribution in [2.45, 2.75) is 24.4 Å². The van der Waals surface area contributed by atoms with Crippen molar-refractivity contribution in [2.24, 2.45) is 0 Å². The van der Waals surface area contributed by atoms with E-state index in [4.69, 9.17) is 0 Å². The number of halogens is 3. The number of rotatable bonds is 2. The predicted molar refractivity (Wildman–Crippen MR) is 52.4 cm³/mol. The molecule has 0 saturated carbocycles. The standard InChI is InChI=1S/C9H13F3N2O4/c1-13-7(16)5-6(15)4(3-14(5)2)18-8(17)9(10,11)12/h4-6,15H,3H2,1-2H3,(H,13,16)/t4?,5-,6?/m0/s1. The third-order valence-corrected chi connectivity index (χ3v) is 2.65. The lowest BCUT2D eigenvalue weighted by molar-refractivity contribution is -0.207. The van der Waals surface area contributed by atoms with Gasteiger partial charge < -0.3 is 15.2 Å². The maximum Gasteiger partial charge on any atom is 0.490 e. The number of likely N-dealkylation sites (N-methyl/N-ethyl adjacent to an activating group) is 2. The second-order valence-corrected chi connectivity index (χ2v) is 3.93. The van der Waals surface area contributed by atoms with E-state index in [2.05, 4.69) is 10.1 Å². The molecular weight excluding hydrogens is 257 g/mol. The number of amides is 1. The fourth-order valence-corrected chi connectivity index (χ4v) is 1.78. The van der Waals surface area contributed by atoms with Crippen LogP contribution in [0.4, 0.5) is 13.2 Å². The van der Waals surface area contributed by atoms with Gasteiger partial charge in [-0.2, -0.15) is 13.2 Å². The molecule has 6 nitrogen and oxygen atoms in total. The van der Waals surface area contributed by atoms with Crippen LogP contribution in [0.5, 0.6) is 0 Å². The Morgan fingerprint density at radius 2 is 2.00 bits per heavy atom. The fraction of sp³-hybridized carbons (Fsp3) is 0.778. The second-order valence-electron chi connectivity index (χ2n) is 3.93. The Kier molecular flexibility index (Phi) is 4.17. The Balaban J connectivity index is 2.72. The van der Waals surface area contributed by atoms with Gasteiger partial charge in [-0.25, -0.2) is 4.79 Å². The average Bonchev–Trinajstić information content (AvgIpc) is 2.52. The maximum atomic E-state index is 12.0. The van der Waals surface area contributed by atoms with Crippen molar-refractivity contribution in [3.05, 3.63) is 0 Å². The van der Waals surface area contributed by atoms with Crippen molar-refractivity contribution in [2.75, 3.05) is 20.6 Å². The molecule has 1 fully saturated rings. The summed E-state index contributed by atoms with van der Waals surface area (Å²) in [4.78, 5) is 23.3.